The summed E-state index contributed by atoms with van der Waals surface area (Å²) in [6, 6.07) is 2.29. The molecule has 0 aromatic rings. The quantitative estimate of drug-likeness (QED) is 0.607. The minimum Gasteiger partial charge on any atom is -0.297 e. The normalized spacial score (nSPS) is 31.3. The van der Waals surface area contributed by atoms with Crippen LogP contribution < -0.4 is 0 Å². The molecule has 0 aromatic heterocycles. The number of nitrogens with zero attached hydrogens (tertiary/aromatic N) is 4. The monoisotopic (exact) mass is 248 g/mol. The van der Waals surface area contributed by atoms with Crippen LogP contribution in [0.5, 0.6) is 0 Å². The molecule has 19 heavy (non-hydrogen) atoms. The fraction of sp³-hybridized carbons (Fsp3) is 0.467. The van der Waals surface area contributed by atoms with Crippen LogP contribution in [0.3, 0.4) is 0 Å². The van der Waals surface area contributed by atoms with Crippen LogP contribution in [0.25, 0.3) is 4.85 Å². The molecule has 2 heterocycles. The fourth-order valence-electron chi connectivity index (χ4n) is 3.85. The van der Waals surface area contributed by atoms with E-state index in [1.807, 2.05) is 0 Å². The minimum absolute atomic E-state index is 0.168. The molecule has 4 nitrogen and oxygen atoms in total. The molecule has 2 aliphatic carbocycles. The number of allylic oxidation sites excluding steroid dienone is 2. The Balaban J connectivity index is 1.71. The van der Waals surface area contributed by atoms with Gasteiger partial charge in [-0.1, -0.05) is 0 Å². The van der Waals surface area contributed by atoms with Gasteiger partial charge in [-0.25, -0.2) is 4.85 Å². The lowest BCUT2D eigenvalue weighted by atomic mass is 9.83. The smallest absolute Gasteiger partial charge is 0.191 e. The molecular formula is C15H12N4. The highest BCUT2D eigenvalue weighted by atomic mass is 14.9. The zero-order valence-electron chi connectivity index (χ0n) is 10.5. The third-order valence-corrected chi connectivity index (χ3v) is 4.72. The van der Waals surface area contributed by atoms with Crippen molar-refractivity contribution < 1.29 is 0 Å². The second kappa shape index (κ2) is 3.42. The van der Waals surface area contributed by atoms with E-state index in [-0.39, 0.29) is 5.41 Å². The average Bonchev–Trinajstić information content (AvgIpc) is 3.09. The highest BCUT2D eigenvalue weighted by Crippen LogP contribution is 2.55. The number of rotatable bonds is 0. The molecule has 4 rings (SSSR count). The fourth-order valence-corrected chi connectivity index (χ4v) is 3.85. The van der Waals surface area contributed by atoms with E-state index in [4.69, 9.17) is 11.8 Å². The Labute approximate surface area is 111 Å². The third-order valence-electron chi connectivity index (χ3n) is 4.72. The molecular weight excluding hydrogens is 236 g/mol. The van der Waals surface area contributed by atoms with Crippen molar-refractivity contribution in [3.63, 3.8) is 0 Å². The topological polar surface area (TPSA) is 52.9 Å². The molecule has 4 heteroatoms. The van der Waals surface area contributed by atoms with Crippen molar-refractivity contribution >= 4 is 11.4 Å². The summed E-state index contributed by atoms with van der Waals surface area (Å²) in [6.45, 7) is 8.38. The first-order chi connectivity index (χ1) is 9.24. The Hall–Kier alpha value is -2.20. The molecule has 1 spiro atoms. The van der Waals surface area contributed by atoms with Gasteiger partial charge in [0.15, 0.2) is 5.70 Å². The van der Waals surface area contributed by atoms with Crippen molar-refractivity contribution in [2.24, 2.45) is 15.4 Å². The van der Waals surface area contributed by atoms with Gasteiger partial charge in [-0.05, 0) is 42.2 Å². The SMILES string of the molecule is [C-]#[N+]C1=C2CC3(CC4=NCC(C#N)=C4C3)CC2=NC1. The maximum atomic E-state index is 9.13. The van der Waals surface area contributed by atoms with E-state index in [9.17, 15) is 0 Å². The summed E-state index contributed by atoms with van der Waals surface area (Å²) < 4.78 is 0. The Kier molecular flexibility index (Phi) is 1.93. The lowest BCUT2D eigenvalue weighted by molar-refractivity contribution is 0.353. The van der Waals surface area contributed by atoms with Gasteiger partial charge in [0.25, 0.3) is 0 Å². The van der Waals surface area contributed by atoms with Crippen LogP contribution in [-0.2, 0) is 0 Å². The van der Waals surface area contributed by atoms with Crippen LogP contribution in [0.4, 0.5) is 0 Å². The molecule has 0 radical (unpaired) electrons. The number of aliphatic imine (C=N–C) groups is 2. The van der Waals surface area contributed by atoms with Gasteiger partial charge in [0.2, 0.25) is 0 Å². The standard InChI is InChI=1S/C15H12N4/c1-17-14-8-19-13-5-15(3-11(13)14)2-10-9(6-16)7-18-12(10)4-15/h2-5,7-8H2. The van der Waals surface area contributed by atoms with E-state index in [0.29, 0.717) is 13.1 Å². The highest BCUT2D eigenvalue weighted by Gasteiger charge is 2.49. The van der Waals surface area contributed by atoms with Gasteiger partial charge in [-0.2, -0.15) is 5.26 Å². The largest absolute Gasteiger partial charge is 0.297 e. The van der Waals surface area contributed by atoms with Gasteiger partial charge < -0.3 is 0 Å². The molecule has 4 aliphatic rings. The van der Waals surface area contributed by atoms with Crippen molar-refractivity contribution in [3.05, 3.63) is 33.8 Å². The molecule has 1 unspecified atom stereocenters. The summed E-state index contributed by atoms with van der Waals surface area (Å²) in [6.07, 6.45) is 3.82. The van der Waals surface area contributed by atoms with Gasteiger partial charge in [0.1, 0.15) is 0 Å². The predicted molar refractivity (Wildman–Crippen MR) is 71.8 cm³/mol. The number of hydrogen-bond donors (Lipinski definition) is 0. The number of nitriles is 1. The summed E-state index contributed by atoms with van der Waals surface area (Å²) in [5.41, 5.74) is 6.52. The lowest BCUT2D eigenvalue weighted by Gasteiger charge is -2.21. The molecule has 0 N–H and O–H groups in total. The summed E-state index contributed by atoms with van der Waals surface area (Å²) in [5.74, 6) is 0. The molecule has 1 atom stereocenters. The molecule has 0 bridgehead atoms. The molecule has 0 amide bonds. The highest BCUT2D eigenvalue weighted by molar-refractivity contribution is 6.10. The van der Waals surface area contributed by atoms with Gasteiger partial charge in [-0.3, -0.25) is 9.98 Å². The maximum Gasteiger partial charge on any atom is 0.191 e. The van der Waals surface area contributed by atoms with Gasteiger partial charge >= 0.3 is 0 Å². The Morgan fingerprint density at radius 2 is 1.74 bits per heavy atom. The summed E-state index contributed by atoms with van der Waals surface area (Å²) >= 11 is 0. The summed E-state index contributed by atoms with van der Waals surface area (Å²) in [7, 11) is 0. The van der Waals surface area contributed by atoms with Gasteiger partial charge in [0.05, 0.1) is 31.3 Å². The van der Waals surface area contributed by atoms with E-state index in [1.165, 1.54) is 11.1 Å². The Bertz CT molecular complexity index is 641. The van der Waals surface area contributed by atoms with Crippen molar-refractivity contribution in [1.29, 1.82) is 5.26 Å². The molecule has 0 saturated heterocycles. The van der Waals surface area contributed by atoms with Crippen LogP contribution in [0.1, 0.15) is 25.7 Å². The summed E-state index contributed by atoms with van der Waals surface area (Å²) in [4.78, 5) is 12.6. The van der Waals surface area contributed by atoms with E-state index in [0.717, 1.165) is 48.4 Å². The first-order valence-electron chi connectivity index (χ1n) is 6.54. The third kappa shape index (κ3) is 1.32. The Morgan fingerprint density at radius 3 is 2.47 bits per heavy atom. The predicted octanol–water partition coefficient (Wildman–Crippen LogP) is 2.46. The van der Waals surface area contributed by atoms with Crippen LogP contribution in [0.2, 0.25) is 0 Å². The lowest BCUT2D eigenvalue weighted by Crippen LogP contribution is -2.13. The maximum absolute atomic E-state index is 9.13. The first-order valence-corrected chi connectivity index (χ1v) is 6.54. The Morgan fingerprint density at radius 1 is 1.05 bits per heavy atom. The molecule has 92 valence electrons. The van der Waals surface area contributed by atoms with Crippen LogP contribution in [0, 0.1) is 23.3 Å². The number of fused-ring (bicyclic) bond motifs is 2. The average molecular weight is 248 g/mol. The molecule has 0 aromatic carbocycles. The minimum atomic E-state index is 0.168. The van der Waals surface area contributed by atoms with Crippen molar-refractivity contribution in [3.8, 4) is 6.07 Å². The van der Waals surface area contributed by atoms with E-state index < -0.39 is 0 Å². The van der Waals surface area contributed by atoms with Crippen molar-refractivity contribution in [2.45, 2.75) is 25.7 Å². The first kappa shape index (κ1) is 10.7. The summed E-state index contributed by atoms with van der Waals surface area (Å²) in [5, 5.41) is 9.13. The van der Waals surface area contributed by atoms with E-state index in [2.05, 4.69) is 20.9 Å². The molecule has 2 fully saturated rings. The zero-order valence-corrected chi connectivity index (χ0v) is 10.5. The zero-order chi connectivity index (χ0) is 13.0. The van der Waals surface area contributed by atoms with Gasteiger partial charge in [0, 0.05) is 11.4 Å². The molecule has 2 saturated carbocycles. The van der Waals surface area contributed by atoms with Crippen molar-refractivity contribution in [1.82, 2.24) is 0 Å². The number of hydrogen-bond acceptors (Lipinski definition) is 3. The second-order valence-corrected chi connectivity index (χ2v) is 5.84. The van der Waals surface area contributed by atoms with Crippen LogP contribution in [-0.4, -0.2) is 24.5 Å². The van der Waals surface area contributed by atoms with E-state index in [1.54, 1.807) is 0 Å². The second-order valence-electron chi connectivity index (χ2n) is 5.84. The van der Waals surface area contributed by atoms with Crippen molar-refractivity contribution in [2.75, 3.05) is 13.1 Å². The van der Waals surface area contributed by atoms with E-state index >= 15 is 0 Å². The van der Waals surface area contributed by atoms with Crippen LogP contribution in [0.15, 0.2) is 32.4 Å². The van der Waals surface area contributed by atoms with Crippen LogP contribution >= 0.6 is 0 Å². The van der Waals surface area contributed by atoms with Gasteiger partial charge in [-0.15, -0.1) is 0 Å². The molecule has 2 aliphatic heterocycles.